The first-order valence-electron chi connectivity index (χ1n) is 19.5. The summed E-state index contributed by atoms with van der Waals surface area (Å²) >= 11 is 0. The van der Waals surface area contributed by atoms with Crippen molar-refractivity contribution in [2.75, 3.05) is 46.0 Å². The zero-order chi connectivity index (χ0) is 43.0. The second-order valence-corrected chi connectivity index (χ2v) is 14.2. The molecular weight excluding hydrogens is 761 g/mol. The number of carbonyl (C=O) groups is 5. The Hall–Kier alpha value is -6.36. The Morgan fingerprint density at radius 3 is 2.22 bits per heavy atom. The minimum atomic E-state index is -0.974. The maximum atomic E-state index is 14.2. The third-order valence-electron chi connectivity index (χ3n) is 8.26. The van der Waals surface area contributed by atoms with E-state index >= 15 is 0 Å². The van der Waals surface area contributed by atoms with Gasteiger partial charge in [0.25, 0.3) is 0 Å². The molecule has 6 amide bonds. The zero-order valence-electron chi connectivity index (χ0n) is 34.2. The van der Waals surface area contributed by atoms with E-state index in [2.05, 4.69) is 36.9 Å². The minimum Gasteiger partial charge on any atom is -0.508 e. The highest BCUT2D eigenvalue weighted by molar-refractivity contribution is 5.95. The Balaban J connectivity index is 1.66. The molecule has 0 aliphatic heterocycles. The van der Waals surface area contributed by atoms with E-state index in [0.29, 0.717) is 29.7 Å². The molecule has 0 heterocycles. The minimum absolute atomic E-state index is 0.0944. The number of hydrogen-bond acceptors (Lipinski definition) is 10. The van der Waals surface area contributed by atoms with Crippen LogP contribution in [0.25, 0.3) is 0 Å². The fourth-order valence-electron chi connectivity index (χ4n) is 5.43. The van der Waals surface area contributed by atoms with Gasteiger partial charge in [0, 0.05) is 39.1 Å². The number of carbonyl (C=O) groups excluding carboxylic acids is 5. The number of phenols is 1. The normalized spacial score (nSPS) is 12.3. The molecule has 17 nitrogen and oxygen atoms in total. The van der Waals surface area contributed by atoms with Gasteiger partial charge in [-0.05, 0) is 74.6 Å². The quantitative estimate of drug-likeness (QED) is 0.0418. The van der Waals surface area contributed by atoms with Crippen molar-refractivity contribution in [3.63, 3.8) is 0 Å². The highest BCUT2D eigenvalue weighted by Crippen LogP contribution is 2.28. The van der Waals surface area contributed by atoms with Crippen molar-refractivity contribution in [1.82, 2.24) is 31.9 Å². The molecule has 3 aromatic carbocycles. The van der Waals surface area contributed by atoms with E-state index < -0.39 is 41.5 Å². The number of ether oxygens (including phenoxy) is 3. The second kappa shape index (κ2) is 25.1. The number of aromatic hydroxyl groups is 1. The largest absolute Gasteiger partial charge is 0.508 e. The smallest absolute Gasteiger partial charge is 0.407 e. The van der Waals surface area contributed by atoms with Crippen LogP contribution >= 0.6 is 0 Å². The monoisotopic (exact) mass is 818 g/mol. The molecule has 0 aliphatic carbocycles. The maximum Gasteiger partial charge on any atom is 0.407 e. The van der Waals surface area contributed by atoms with Gasteiger partial charge in [-0.15, -0.1) is 0 Å². The fraction of sp³-hybridized carbons (Fsp3) is 0.429. The van der Waals surface area contributed by atoms with E-state index in [9.17, 15) is 29.1 Å². The summed E-state index contributed by atoms with van der Waals surface area (Å²) in [4.78, 5) is 67.4. The molecule has 2 atom stereocenters. The average molecular weight is 819 g/mol. The summed E-state index contributed by atoms with van der Waals surface area (Å²) in [6, 6.07) is 21.1. The van der Waals surface area contributed by atoms with E-state index in [1.54, 1.807) is 58.0 Å². The third kappa shape index (κ3) is 19.1. The van der Waals surface area contributed by atoms with Crippen LogP contribution in [-0.4, -0.2) is 98.6 Å². The highest BCUT2D eigenvalue weighted by atomic mass is 16.6. The van der Waals surface area contributed by atoms with Crippen LogP contribution < -0.4 is 42.4 Å². The van der Waals surface area contributed by atoms with Gasteiger partial charge in [-0.25, -0.2) is 9.59 Å². The number of hydrogen-bond donors (Lipinski definition) is 8. The Bertz CT molecular complexity index is 1820. The molecule has 0 saturated heterocycles. The van der Waals surface area contributed by atoms with E-state index in [1.807, 2.05) is 36.4 Å². The van der Waals surface area contributed by atoms with Crippen LogP contribution in [0.1, 0.15) is 69.6 Å². The van der Waals surface area contributed by atoms with Crippen molar-refractivity contribution in [3.8, 4) is 11.5 Å². The SMILES string of the molecule is CCC(=O)NCCNC(=O)NC(N)=NCCC[C@@H](NC(=O)C(c1ccccc1)c1cccc(OCCOCCNC(=O)OC(C)(C)C)c1)C(=O)NCc1ccc(O)cc1. The Morgan fingerprint density at radius 2 is 1.51 bits per heavy atom. The summed E-state index contributed by atoms with van der Waals surface area (Å²) in [7, 11) is 0. The lowest BCUT2D eigenvalue weighted by Gasteiger charge is -2.23. The number of nitrogens with zero attached hydrogens (tertiary/aromatic N) is 1. The van der Waals surface area contributed by atoms with Gasteiger partial charge >= 0.3 is 12.1 Å². The summed E-state index contributed by atoms with van der Waals surface area (Å²) in [5, 5.41) is 25.8. The van der Waals surface area contributed by atoms with Crippen LogP contribution in [0.3, 0.4) is 0 Å². The van der Waals surface area contributed by atoms with E-state index in [-0.39, 0.29) is 76.6 Å². The van der Waals surface area contributed by atoms with Gasteiger partial charge in [-0.2, -0.15) is 0 Å². The van der Waals surface area contributed by atoms with Crippen molar-refractivity contribution < 1.29 is 43.3 Å². The van der Waals surface area contributed by atoms with Crippen LogP contribution in [0.4, 0.5) is 9.59 Å². The number of alkyl carbamates (subject to hydrolysis) is 1. The number of phenolic OH excluding ortho intramolecular Hbond substituents is 1. The standard InChI is InChI=1S/C42H58N8O9/c1-5-35(52)44-21-22-46-40(55)50-39(43)45-20-10-15-34(37(53)48-28-29-16-18-32(51)19-17-29)49-38(54)36(30-11-7-6-8-12-30)31-13-9-14-33(27-31)58-26-25-57-24-23-47-41(56)59-42(2,3)4/h6-9,11-14,16-19,27,34,36,51H,5,10,15,20-26,28H2,1-4H3,(H,44,52)(H,47,56)(H,48,53)(H,49,54)(H4,43,45,46,50,55)/t34-,36?/m1/s1. The van der Waals surface area contributed by atoms with Crippen LogP contribution in [0.2, 0.25) is 0 Å². The van der Waals surface area contributed by atoms with Crippen LogP contribution in [0, 0.1) is 0 Å². The van der Waals surface area contributed by atoms with Crippen molar-refractivity contribution in [1.29, 1.82) is 0 Å². The number of guanidine groups is 1. The van der Waals surface area contributed by atoms with Crippen molar-refractivity contribution in [2.24, 2.45) is 10.7 Å². The molecule has 320 valence electrons. The molecule has 3 aromatic rings. The lowest BCUT2D eigenvalue weighted by atomic mass is 9.90. The predicted molar refractivity (Wildman–Crippen MR) is 223 cm³/mol. The number of rotatable bonds is 22. The van der Waals surface area contributed by atoms with Gasteiger partial charge in [0.15, 0.2) is 5.96 Å². The van der Waals surface area contributed by atoms with Gasteiger partial charge in [-0.1, -0.05) is 61.5 Å². The van der Waals surface area contributed by atoms with Gasteiger partial charge in [0.1, 0.15) is 29.7 Å². The molecule has 0 saturated carbocycles. The number of urea groups is 1. The van der Waals surface area contributed by atoms with Crippen molar-refractivity contribution >= 4 is 35.8 Å². The second-order valence-electron chi connectivity index (χ2n) is 14.2. The van der Waals surface area contributed by atoms with E-state index in [4.69, 9.17) is 19.9 Å². The summed E-state index contributed by atoms with van der Waals surface area (Å²) in [6.45, 7) is 8.84. The fourth-order valence-corrected chi connectivity index (χ4v) is 5.43. The maximum absolute atomic E-state index is 14.2. The Morgan fingerprint density at radius 1 is 0.797 bits per heavy atom. The molecule has 3 rings (SSSR count). The summed E-state index contributed by atoms with van der Waals surface area (Å²) in [6.07, 6.45) is 0.325. The highest BCUT2D eigenvalue weighted by Gasteiger charge is 2.28. The summed E-state index contributed by atoms with van der Waals surface area (Å²) in [5.41, 5.74) is 7.38. The number of amides is 6. The molecule has 0 aliphatic rings. The van der Waals surface area contributed by atoms with Gasteiger partial charge < -0.3 is 51.6 Å². The first-order valence-corrected chi connectivity index (χ1v) is 19.5. The van der Waals surface area contributed by atoms with Crippen LogP contribution in [0.15, 0.2) is 83.9 Å². The molecule has 59 heavy (non-hydrogen) atoms. The van der Waals surface area contributed by atoms with Gasteiger partial charge in [-0.3, -0.25) is 24.7 Å². The lowest BCUT2D eigenvalue weighted by molar-refractivity contribution is -0.129. The van der Waals surface area contributed by atoms with Crippen molar-refractivity contribution in [3.05, 3.63) is 95.6 Å². The van der Waals surface area contributed by atoms with Gasteiger partial charge in [0.05, 0.1) is 19.1 Å². The van der Waals surface area contributed by atoms with Crippen LogP contribution in [0.5, 0.6) is 11.5 Å². The number of aliphatic imine (C=N–C) groups is 1. The molecule has 0 bridgehead atoms. The third-order valence-corrected chi connectivity index (χ3v) is 8.26. The molecule has 17 heteroatoms. The predicted octanol–water partition coefficient (Wildman–Crippen LogP) is 3.17. The lowest BCUT2D eigenvalue weighted by Crippen LogP contribution is -2.48. The molecule has 9 N–H and O–H groups in total. The Kier molecular flexibility index (Phi) is 20.0. The van der Waals surface area contributed by atoms with Crippen molar-refractivity contribution in [2.45, 2.75) is 71.1 Å². The Labute approximate surface area is 345 Å². The number of nitrogens with two attached hydrogens (primary N) is 1. The topological polar surface area (TPSA) is 244 Å². The van der Waals surface area contributed by atoms with Gasteiger partial charge in [0.2, 0.25) is 17.7 Å². The molecule has 1 unspecified atom stereocenters. The molecule has 0 fully saturated rings. The first kappa shape index (κ1) is 47.0. The molecular formula is C42H58N8O9. The number of nitrogens with one attached hydrogen (secondary N) is 6. The average Bonchev–Trinajstić information content (AvgIpc) is 3.19. The number of benzene rings is 3. The summed E-state index contributed by atoms with van der Waals surface area (Å²) in [5.74, 6) is -1.32. The van der Waals surface area contributed by atoms with Crippen LogP contribution in [-0.2, 0) is 30.4 Å². The van der Waals surface area contributed by atoms with E-state index in [1.165, 1.54) is 12.1 Å². The molecule has 0 radical (unpaired) electrons. The van der Waals surface area contributed by atoms with E-state index in [0.717, 1.165) is 5.56 Å². The molecule has 0 aromatic heterocycles. The first-order chi connectivity index (χ1) is 28.2. The molecule has 0 spiro atoms. The zero-order valence-corrected chi connectivity index (χ0v) is 34.2. The summed E-state index contributed by atoms with van der Waals surface area (Å²) < 4.78 is 16.7.